The van der Waals surface area contributed by atoms with Crippen LogP contribution >= 0.6 is 0 Å². The van der Waals surface area contributed by atoms with Crippen LogP contribution in [-0.2, 0) is 78.9 Å². The Labute approximate surface area is 352 Å². The molecule has 0 spiro atoms. The summed E-state index contributed by atoms with van der Waals surface area (Å²) in [5.74, 6) is -5.23. The molecule has 11 bridgehead atoms. The third-order valence-corrected chi connectivity index (χ3v) is 28.1. The van der Waals surface area contributed by atoms with Crippen LogP contribution in [0.2, 0.25) is 0 Å². The van der Waals surface area contributed by atoms with E-state index in [0.29, 0.717) is 0 Å². The van der Waals surface area contributed by atoms with Gasteiger partial charge in [-0.1, -0.05) is 0 Å². The van der Waals surface area contributed by atoms with Gasteiger partial charge in [0.1, 0.15) is 79.5 Å². The predicted molar refractivity (Wildman–Crippen MR) is 202 cm³/mol. The SMILES string of the molecule is O=S1(=O)c2cc3c4c(c21)S(=O)(=O)c1c2c(c5c6c7n8c(c16)N=C4N=C3N=c1[nH]c3c4c(c6c(c(c14)S8(=O)=O)S6(=O)=O)S(=O)(=O)c1c4c(c(c6c1S6(=O)=O)S5(=O)=O)C(=N7)N=C4N=3)S2(=O)=O. The number of aromatic amines is 1. The highest BCUT2D eigenvalue weighted by Gasteiger charge is 2.65. The highest BCUT2D eigenvalue weighted by atomic mass is 32.2. The molecule has 1 N–H and O–H groups in total. The number of benzene rings is 4. The van der Waals surface area contributed by atoms with Crippen molar-refractivity contribution in [2.24, 2.45) is 30.0 Å². The van der Waals surface area contributed by atoms with Gasteiger partial charge in [-0.3, -0.25) is 0 Å². The molecule has 0 unspecified atom stereocenters. The Morgan fingerprint density at radius 2 is 0.719 bits per heavy atom. The van der Waals surface area contributed by atoms with E-state index in [9.17, 15) is 33.7 Å². The number of H-pyrrole nitrogens is 1. The first-order valence-electron chi connectivity index (χ1n) is 17.6. The first-order chi connectivity index (χ1) is 29.8. The fraction of sp³-hybridized carbons (Fsp3) is 0. The summed E-state index contributed by atoms with van der Waals surface area (Å²) in [6.07, 6.45) is 0. The zero-order chi connectivity index (χ0) is 44.1. The van der Waals surface area contributed by atoms with Crippen molar-refractivity contribution >= 4 is 135 Å². The summed E-state index contributed by atoms with van der Waals surface area (Å²) in [5.41, 5.74) is -4.00. The molecule has 0 radical (unpaired) electrons. The Hall–Kier alpha value is -6.16. The van der Waals surface area contributed by atoms with Gasteiger partial charge < -0.3 is 4.98 Å². The topological polar surface area (TPSA) is 368 Å². The molecule has 11 aliphatic heterocycles. The zero-order valence-corrected chi connectivity index (χ0v) is 36.0. The van der Waals surface area contributed by atoms with Crippen molar-refractivity contribution in [1.29, 1.82) is 0 Å². The second-order valence-corrected chi connectivity index (χ2v) is 30.4. The molecule has 6 aromatic rings. The molecule has 17 rings (SSSR count). The maximum atomic E-state index is 15.9. The summed E-state index contributed by atoms with van der Waals surface area (Å²) in [7, 11) is -42.8. The average Bonchev–Trinajstić information content (AvgIpc) is 3.99. The number of aromatic nitrogens is 2. The summed E-state index contributed by atoms with van der Waals surface area (Å²) in [6, 6.07) is 0.988. The summed E-state index contributed by atoms with van der Waals surface area (Å²) in [6.45, 7) is 0. The quantitative estimate of drug-likeness (QED) is 0.166. The Kier molecular flexibility index (Phi) is 4.46. The molecule has 0 saturated heterocycles. The molecule has 0 fully saturated rings. The lowest BCUT2D eigenvalue weighted by atomic mass is 10.1. The van der Waals surface area contributed by atoms with Crippen LogP contribution in [0.3, 0.4) is 0 Å². The minimum absolute atomic E-state index is 0.172. The van der Waals surface area contributed by atoms with Gasteiger partial charge >= 0.3 is 0 Å². The van der Waals surface area contributed by atoms with Crippen molar-refractivity contribution in [2.45, 2.75) is 73.4 Å². The van der Waals surface area contributed by atoms with Crippen LogP contribution in [-0.4, -0.2) is 99.6 Å². The lowest BCUT2D eigenvalue weighted by molar-refractivity contribution is 0.584. The first-order valence-corrected chi connectivity index (χ1v) is 29.4. The molecule has 24 nitrogen and oxygen atoms in total. The van der Waals surface area contributed by atoms with Gasteiger partial charge in [-0.25, -0.2) is 97.3 Å². The van der Waals surface area contributed by atoms with Gasteiger partial charge in [-0.2, -0.15) is 3.97 Å². The Balaban J connectivity index is 1.31. The van der Waals surface area contributed by atoms with Crippen molar-refractivity contribution in [2.75, 3.05) is 0 Å². The maximum absolute atomic E-state index is 15.9. The number of hydrogen-bond acceptors (Lipinski definition) is 22. The largest absolute Gasteiger partial charge is 0.324 e. The van der Waals surface area contributed by atoms with E-state index in [2.05, 4.69) is 34.9 Å². The van der Waals surface area contributed by atoms with E-state index in [1.807, 2.05) is 0 Å². The first kappa shape index (κ1) is 34.3. The summed E-state index contributed by atoms with van der Waals surface area (Å²) in [4.78, 5) is 12.3. The molecule has 64 heavy (non-hydrogen) atoms. The van der Waals surface area contributed by atoms with Crippen LogP contribution in [0.15, 0.2) is 109 Å². The molecule has 32 heteroatoms. The molecule has 314 valence electrons. The van der Waals surface area contributed by atoms with Crippen molar-refractivity contribution < 1.29 is 67.3 Å². The minimum Gasteiger partial charge on any atom is -0.324 e. The highest BCUT2D eigenvalue weighted by molar-refractivity contribution is 8.02. The van der Waals surface area contributed by atoms with E-state index in [4.69, 9.17) is 0 Å². The number of sulfone groups is 7. The zero-order valence-electron chi connectivity index (χ0n) is 29.5. The monoisotopic (exact) mass is 1010 g/mol. The van der Waals surface area contributed by atoms with E-state index >= 15 is 33.7 Å². The van der Waals surface area contributed by atoms with Gasteiger partial charge in [0.25, 0.3) is 10.0 Å². The van der Waals surface area contributed by atoms with Gasteiger partial charge in [0.05, 0.1) is 43.1 Å². The summed E-state index contributed by atoms with van der Waals surface area (Å²) >= 11 is 0. The van der Waals surface area contributed by atoms with Crippen LogP contribution in [0.4, 0.5) is 11.6 Å². The molecule has 11 aliphatic rings. The Morgan fingerprint density at radius 1 is 0.344 bits per heavy atom. The van der Waals surface area contributed by atoms with E-state index in [1.165, 1.54) is 0 Å². The molecular formula is C32H2N8O16S8. The molecule has 0 saturated carbocycles. The normalized spacial score (nSPS) is 24.4. The minimum atomic E-state index is -5.83. The van der Waals surface area contributed by atoms with Gasteiger partial charge in [0, 0.05) is 5.56 Å². The van der Waals surface area contributed by atoms with Crippen molar-refractivity contribution in [3.05, 3.63) is 39.3 Å². The number of rotatable bonds is 0. The standard InChI is InChI=1S/C32H2N8O16S8/c41-57(42)3-1-2-4-12(11(3)57)58(43,44)16-9-10-17(23-22(16)62(23,51)52)60(47,48)14-6-5-13(19-20(14)61(19,49)50)59(45,46)15-7-8-18(24-21(15)63(24,53)54)64(55,56)40-31(9)38-26(4)33-25(2)34-29(8)36-28(7)35-27(5)37-30(6)39-32(10)40/h1H,(H,33,34,35,36,37,38,39). The van der Waals surface area contributed by atoms with E-state index < -0.39 is 237 Å². The van der Waals surface area contributed by atoms with Crippen molar-refractivity contribution in [3.8, 4) is 0 Å². The van der Waals surface area contributed by atoms with Gasteiger partial charge in [-0.15, -0.1) is 0 Å². The van der Waals surface area contributed by atoms with Crippen molar-refractivity contribution in [1.82, 2.24) is 8.96 Å². The molecule has 0 aliphatic carbocycles. The van der Waals surface area contributed by atoms with Crippen LogP contribution in [0.25, 0.3) is 21.5 Å². The van der Waals surface area contributed by atoms with Crippen LogP contribution in [0.5, 0.6) is 0 Å². The average molecular weight is 1010 g/mol. The fourth-order valence-electron chi connectivity index (χ4n) is 10.5. The molecule has 2 aromatic heterocycles. The summed E-state index contributed by atoms with van der Waals surface area (Å²) in [5, 5.41) is -3.74. The van der Waals surface area contributed by atoms with Crippen molar-refractivity contribution in [3.63, 3.8) is 0 Å². The Bertz CT molecular complexity index is 5330. The van der Waals surface area contributed by atoms with E-state index in [1.54, 1.807) is 0 Å². The van der Waals surface area contributed by atoms with E-state index in [0.717, 1.165) is 6.07 Å². The summed E-state index contributed by atoms with van der Waals surface area (Å²) < 4.78 is 238. The molecule has 0 atom stereocenters. The lowest BCUT2D eigenvalue weighted by Crippen LogP contribution is -2.20. The van der Waals surface area contributed by atoms with Crippen LogP contribution in [0, 0.1) is 0 Å². The van der Waals surface area contributed by atoms with Gasteiger partial charge in [0.15, 0.2) is 35.0 Å². The molecule has 13 heterocycles. The second kappa shape index (κ2) is 8.33. The lowest BCUT2D eigenvalue weighted by Gasteiger charge is -2.16. The molecule has 4 aromatic carbocycles. The number of hydrogen-bond donors (Lipinski definition) is 1. The number of nitrogens with zero attached hydrogens (tertiary/aromatic N) is 7. The number of aliphatic imine (C=N–C) groups is 4. The van der Waals surface area contributed by atoms with Crippen LogP contribution in [0.1, 0.15) is 22.3 Å². The van der Waals surface area contributed by atoms with E-state index in [-0.39, 0.29) is 9.54 Å². The Morgan fingerprint density at radius 3 is 1.25 bits per heavy atom. The van der Waals surface area contributed by atoms with Gasteiger partial charge in [-0.05, 0) is 6.07 Å². The number of fused-ring (bicyclic) bond motifs is 11. The second-order valence-electron chi connectivity index (χ2n) is 15.9. The van der Waals surface area contributed by atoms with Gasteiger partial charge in [0.2, 0.25) is 68.9 Å². The number of amidine groups is 4. The third-order valence-electron chi connectivity index (χ3n) is 13.0. The van der Waals surface area contributed by atoms with Crippen LogP contribution < -0.4 is 11.0 Å². The highest BCUT2D eigenvalue weighted by Crippen LogP contribution is 2.66. The number of nitrogens with one attached hydrogen (secondary N) is 1. The predicted octanol–water partition coefficient (Wildman–Crippen LogP) is -1.67. The molecular weight excluding hydrogens is 1010 g/mol. The third kappa shape index (κ3) is 2.87. The maximum Gasteiger partial charge on any atom is 0.273 e. The molecule has 0 amide bonds. The smallest absolute Gasteiger partial charge is 0.273 e. The fourth-order valence-corrected chi connectivity index (χ4v) is 28.6.